The summed E-state index contributed by atoms with van der Waals surface area (Å²) in [6.45, 7) is 5.00. The number of hydrogen-bond acceptors (Lipinski definition) is 5. The lowest BCUT2D eigenvalue weighted by atomic mass is 10.2. The zero-order valence-electron chi connectivity index (χ0n) is 13.8. The van der Waals surface area contributed by atoms with Crippen molar-refractivity contribution in [2.75, 3.05) is 20.2 Å². The number of rotatable bonds is 7. The number of nitrogens with zero attached hydrogens (tertiary/aromatic N) is 2. The van der Waals surface area contributed by atoms with Crippen molar-refractivity contribution in [3.63, 3.8) is 0 Å². The summed E-state index contributed by atoms with van der Waals surface area (Å²) in [7, 11) is 1.78. The van der Waals surface area contributed by atoms with Gasteiger partial charge >= 0.3 is 0 Å². The number of likely N-dealkylation sites (N-methyl/N-ethyl adjacent to an activating group) is 1. The molecule has 0 aliphatic heterocycles. The van der Waals surface area contributed by atoms with E-state index < -0.39 is 0 Å². The molecule has 1 atom stereocenters. The quantitative estimate of drug-likeness (QED) is 0.845. The van der Waals surface area contributed by atoms with Crippen LogP contribution in [-0.4, -0.2) is 42.0 Å². The van der Waals surface area contributed by atoms with Gasteiger partial charge in [-0.2, -0.15) is 0 Å². The van der Waals surface area contributed by atoms with E-state index in [1.807, 2.05) is 43.5 Å². The van der Waals surface area contributed by atoms with Crippen LogP contribution in [0.1, 0.15) is 19.5 Å². The maximum Gasteiger partial charge on any atom is 0.228 e. The minimum Gasteiger partial charge on any atom is -0.494 e. The molecule has 5 nitrogen and oxygen atoms in total. The van der Waals surface area contributed by atoms with E-state index in [2.05, 4.69) is 4.98 Å². The number of carbonyl (C=O) groups is 1. The number of amides is 1. The van der Waals surface area contributed by atoms with Gasteiger partial charge in [0.1, 0.15) is 10.8 Å². The fraction of sp³-hybridized carbons (Fsp3) is 0.412. The summed E-state index contributed by atoms with van der Waals surface area (Å²) in [6.07, 6.45) is 0.300. The van der Waals surface area contributed by atoms with Gasteiger partial charge in [-0.1, -0.05) is 0 Å². The van der Waals surface area contributed by atoms with Crippen molar-refractivity contribution in [2.45, 2.75) is 26.3 Å². The molecule has 2 rings (SSSR count). The molecule has 2 aromatic rings. The average molecular weight is 333 g/mol. The zero-order chi connectivity index (χ0) is 16.8. The second-order valence-corrected chi connectivity index (χ2v) is 6.23. The van der Waals surface area contributed by atoms with Gasteiger partial charge in [-0.25, -0.2) is 4.98 Å². The number of aromatic nitrogens is 1. The van der Waals surface area contributed by atoms with Gasteiger partial charge in [-0.05, 0) is 38.1 Å². The van der Waals surface area contributed by atoms with E-state index in [4.69, 9.17) is 10.5 Å². The smallest absolute Gasteiger partial charge is 0.228 e. The lowest BCUT2D eigenvalue weighted by Crippen LogP contribution is -2.40. The monoisotopic (exact) mass is 333 g/mol. The Kier molecular flexibility index (Phi) is 6.12. The number of ether oxygens (including phenoxy) is 1. The van der Waals surface area contributed by atoms with Crippen LogP contribution in [0.3, 0.4) is 0 Å². The van der Waals surface area contributed by atoms with Crippen molar-refractivity contribution < 1.29 is 9.53 Å². The van der Waals surface area contributed by atoms with Gasteiger partial charge in [0.05, 0.1) is 18.7 Å². The van der Waals surface area contributed by atoms with Crippen LogP contribution in [0, 0.1) is 0 Å². The molecule has 1 unspecified atom stereocenters. The standard InChI is InChI=1S/C17H23N3O2S/c1-4-22-15-7-5-13(6-8-15)17-19-14(11-23-17)9-16(21)20(3)12(2)10-18/h5-8,11-12H,4,9-10,18H2,1-3H3. The molecule has 0 radical (unpaired) electrons. The summed E-state index contributed by atoms with van der Waals surface area (Å²) in [4.78, 5) is 18.4. The molecule has 0 bridgehead atoms. The first-order valence-corrected chi connectivity index (χ1v) is 8.56. The predicted octanol–water partition coefficient (Wildman–Crippen LogP) is 2.56. The first kappa shape index (κ1) is 17.4. The van der Waals surface area contributed by atoms with Crippen molar-refractivity contribution in [3.05, 3.63) is 35.3 Å². The zero-order valence-corrected chi connectivity index (χ0v) is 14.6. The molecular weight excluding hydrogens is 310 g/mol. The second kappa shape index (κ2) is 8.08. The van der Waals surface area contributed by atoms with Crippen LogP contribution in [-0.2, 0) is 11.2 Å². The van der Waals surface area contributed by atoms with E-state index >= 15 is 0 Å². The van der Waals surface area contributed by atoms with E-state index in [0.717, 1.165) is 22.0 Å². The van der Waals surface area contributed by atoms with Gasteiger partial charge < -0.3 is 15.4 Å². The summed E-state index contributed by atoms with van der Waals surface area (Å²) < 4.78 is 5.44. The topological polar surface area (TPSA) is 68.5 Å². The molecule has 6 heteroatoms. The van der Waals surface area contributed by atoms with Gasteiger partial charge in [0.25, 0.3) is 0 Å². The Hall–Kier alpha value is -1.92. The Morgan fingerprint density at radius 2 is 2.09 bits per heavy atom. The molecule has 0 aliphatic rings. The van der Waals surface area contributed by atoms with Gasteiger partial charge in [0, 0.05) is 30.6 Å². The Balaban J connectivity index is 2.04. The maximum atomic E-state index is 12.2. The normalized spacial score (nSPS) is 12.0. The van der Waals surface area contributed by atoms with Crippen LogP contribution in [0.2, 0.25) is 0 Å². The molecule has 1 aromatic carbocycles. The Labute approximate surface area is 141 Å². The van der Waals surface area contributed by atoms with Gasteiger partial charge in [0.2, 0.25) is 5.91 Å². The SMILES string of the molecule is CCOc1ccc(-c2nc(CC(=O)N(C)C(C)CN)cs2)cc1. The van der Waals surface area contributed by atoms with Crippen LogP contribution < -0.4 is 10.5 Å². The summed E-state index contributed by atoms with van der Waals surface area (Å²) >= 11 is 1.54. The van der Waals surface area contributed by atoms with Crippen molar-refractivity contribution in [1.82, 2.24) is 9.88 Å². The molecule has 124 valence electrons. The predicted molar refractivity (Wildman–Crippen MR) is 93.7 cm³/mol. The molecule has 0 saturated heterocycles. The third-order valence-electron chi connectivity index (χ3n) is 3.69. The molecule has 1 amide bonds. The molecule has 1 heterocycles. The van der Waals surface area contributed by atoms with E-state index in [1.165, 1.54) is 0 Å². The third-order valence-corrected chi connectivity index (χ3v) is 4.63. The van der Waals surface area contributed by atoms with Crippen LogP contribution in [0.4, 0.5) is 0 Å². The van der Waals surface area contributed by atoms with Gasteiger partial charge in [0.15, 0.2) is 0 Å². The highest BCUT2D eigenvalue weighted by Gasteiger charge is 2.16. The summed E-state index contributed by atoms with van der Waals surface area (Å²) in [6, 6.07) is 7.87. The van der Waals surface area contributed by atoms with Crippen molar-refractivity contribution in [3.8, 4) is 16.3 Å². The van der Waals surface area contributed by atoms with Crippen LogP contribution in [0.15, 0.2) is 29.6 Å². The Morgan fingerprint density at radius 1 is 1.39 bits per heavy atom. The lowest BCUT2D eigenvalue weighted by molar-refractivity contribution is -0.130. The molecule has 2 N–H and O–H groups in total. The molecule has 1 aromatic heterocycles. The third kappa shape index (κ3) is 4.53. The minimum absolute atomic E-state index is 0.0338. The number of carbonyl (C=O) groups excluding carboxylic acids is 1. The molecule has 0 aliphatic carbocycles. The van der Waals surface area contributed by atoms with Gasteiger partial charge in [-0.3, -0.25) is 4.79 Å². The number of thiazole rings is 1. The van der Waals surface area contributed by atoms with Crippen molar-refractivity contribution >= 4 is 17.2 Å². The first-order chi connectivity index (χ1) is 11.0. The van der Waals surface area contributed by atoms with E-state index in [0.29, 0.717) is 19.6 Å². The summed E-state index contributed by atoms with van der Waals surface area (Å²) in [5.74, 6) is 0.882. The minimum atomic E-state index is 0.0338. The highest BCUT2D eigenvalue weighted by Crippen LogP contribution is 2.26. The maximum absolute atomic E-state index is 12.2. The van der Waals surface area contributed by atoms with Crippen LogP contribution >= 0.6 is 11.3 Å². The fourth-order valence-electron chi connectivity index (χ4n) is 2.06. The summed E-state index contributed by atoms with van der Waals surface area (Å²) in [5, 5.41) is 2.84. The lowest BCUT2D eigenvalue weighted by Gasteiger charge is -2.23. The molecular formula is C17H23N3O2S. The largest absolute Gasteiger partial charge is 0.494 e. The van der Waals surface area contributed by atoms with Crippen LogP contribution in [0.25, 0.3) is 10.6 Å². The molecule has 0 fully saturated rings. The second-order valence-electron chi connectivity index (χ2n) is 5.37. The van der Waals surface area contributed by atoms with E-state index in [-0.39, 0.29) is 11.9 Å². The average Bonchev–Trinajstić information content (AvgIpc) is 3.02. The first-order valence-electron chi connectivity index (χ1n) is 7.68. The van der Waals surface area contributed by atoms with E-state index in [9.17, 15) is 4.79 Å². The molecule has 0 saturated carbocycles. The number of nitrogens with two attached hydrogens (primary N) is 1. The Bertz CT molecular complexity index is 640. The van der Waals surface area contributed by atoms with Crippen molar-refractivity contribution in [1.29, 1.82) is 0 Å². The van der Waals surface area contributed by atoms with E-state index in [1.54, 1.807) is 23.3 Å². The van der Waals surface area contributed by atoms with Crippen molar-refractivity contribution in [2.24, 2.45) is 5.73 Å². The number of hydrogen-bond donors (Lipinski definition) is 1. The summed E-state index contributed by atoms with van der Waals surface area (Å²) in [5.41, 5.74) is 7.42. The van der Waals surface area contributed by atoms with Crippen LogP contribution in [0.5, 0.6) is 5.75 Å². The number of benzene rings is 1. The molecule has 23 heavy (non-hydrogen) atoms. The highest BCUT2D eigenvalue weighted by molar-refractivity contribution is 7.13. The molecule has 0 spiro atoms. The fourth-order valence-corrected chi connectivity index (χ4v) is 2.89. The van der Waals surface area contributed by atoms with Gasteiger partial charge in [-0.15, -0.1) is 11.3 Å². The Morgan fingerprint density at radius 3 is 2.70 bits per heavy atom. The highest BCUT2D eigenvalue weighted by atomic mass is 32.1.